The van der Waals surface area contributed by atoms with Gasteiger partial charge in [-0.05, 0) is 68.0 Å². The van der Waals surface area contributed by atoms with E-state index in [1.807, 2.05) is 0 Å². The number of methoxy groups -OCH3 is 1. The molecule has 0 spiro atoms. The van der Waals surface area contributed by atoms with Gasteiger partial charge < -0.3 is 10.5 Å². The summed E-state index contributed by atoms with van der Waals surface area (Å²) < 4.78 is 5.37. The Hall–Kier alpha value is -1.80. The van der Waals surface area contributed by atoms with E-state index in [1.54, 1.807) is 7.11 Å². The molecule has 2 aromatic carbocycles. The third-order valence-electron chi connectivity index (χ3n) is 4.13. The molecule has 0 radical (unpaired) electrons. The average Bonchev–Trinajstić information content (AvgIpc) is 2.44. The predicted molar refractivity (Wildman–Crippen MR) is 89.0 cm³/mol. The van der Waals surface area contributed by atoms with Gasteiger partial charge in [0.2, 0.25) is 0 Å². The summed E-state index contributed by atoms with van der Waals surface area (Å²) in [7, 11) is 1.71. The molecule has 0 fully saturated rings. The van der Waals surface area contributed by atoms with E-state index in [4.69, 9.17) is 10.5 Å². The van der Waals surface area contributed by atoms with Gasteiger partial charge in [-0.2, -0.15) is 0 Å². The number of nitrogens with two attached hydrogens (primary N) is 1. The van der Waals surface area contributed by atoms with Crippen LogP contribution in [0.5, 0.6) is 5.75 Å². The number of rotatable bonds is 4. The maximum atomic E-state index is 6.47. The summed E-state index contributed by atoms with van der Waals surface area (Å²) in [6, 6.07) is 10.8. The highest BCUT2D eigenvalue weighted by atomic mass is 16.5. The van der Waals surface area contributed by atoms with Crippen LogP contribution >= 0.6 is 0 Å². The van der Waals surface area contributed by atoms with Crippen LogP contribution in [0.25, 0.3) is 0 Å². The van der Waals surface area contributed by atoms with E-state index in [0.717, 1.165) is 17.7 Å². The topological polar surface area (TPSA) is 35.2 Å². The van der Waals surface area contributed by atoms with Crippen molar-refractivity contribution in [3.05, 3.63) is 63.7 Å². The molecule has 2 rings (SSSR count). The van der Waals surface area contributed by atoms with E-state index in [9.17, 15) is 0 Å². The molecule has 21 heavy (non-hydrogen) atoms. The summed E-state index contributed by atoms with van der Waals surface area (Å²) in [6.45, 7) is 8.43. The van der Waals surface area contributed by atoms with Crippen molar-refractivity contribution in [3.8, 4) is 5.75 Å². The standard InChI is InChI=1S/C19H25NO/c1-12-6-7-13(2)16(8-12)11-18(20)17-9-15(4)19(21-5)10-14(17)3/h6-10,18H,11,20H2,1-5H3. The van der Waals surface area contributed by atoms with Gasteiger partial charge in [-0.1, -0.05) is 29.8 Å². The Kier molecular flexibility index (Phi) is 4.69. The van der Waals surface area contributed by atoms with Crippen LogP contribution in [0.15, 0.2) is 30.3 Å². The summed E-state index contributed by atoms with van der Waals surface area (Å²) in [5.74, 6) is 0.926. The molecule has 0 saturated carbocycles. The van der Waals surface area contributed by atoms with Gasteiger partial charge in [0.05, 0.1) is 7.11 Å². The van der Waals surface area contributed by atoms with E-state index in [1.165, 1.54) is 27.8 Å². The van der Waals surface area contributed by atoms with Crippen LogP contribution < -0.4 is 10.5 Å². The second-order valence-electron chi connectivity index (χ2n) is 5.92. The van der Waals surface area contributed by atoms with Crippen molar-refractivity contribution >= 4 is 0 Å². The van der Waals surface area contributed by atoms with E-state index in [-0.39, 0.29) is 6.04 Å². The van der Waals surface area contributed by atoms with Crippen molar-refractivity contribution in [1.82, 2.24) is 0 Å². The molecule has 2 heteroatoms. The number of benzene rings is 2. The molecule has 0 heterocycles. The van der Waals surface area contributed by atoms with Crippen molar-refractivity contribution in [3.63, 3.8) is 0 Å². The molecule has 0 saturated heterocycles. The number of aryl methyl sites for hydroxylation is 4. The van der Waals surface area contributed by atoms with Crippen LogP contribution in [0.2, 0.25) is 0 Å². The van der Waals surface area contributed by atoms with E-state index in [0.29, 0.717) is 0 Å². The Bertz CT molecular complexity index is 646. The maximum absolute atomic E-state index is 6.47. The fourth-order valence-electron chi connectivity index (χ4n) is 2.80. The Labute approximate surface area is 127 Å². The number of hydrogen-bond acceptors (Lipinski definition) is 2. The Morgan fingerprint density at radius 2 is 1.67 bits per heavy atom. The first kappa shape index (κ1) is 15.6. The third kappa shape index (κ3) is 3.45. The van der Waals surface area contributed by atoms with Crippen molar-refractivity contribution in [1.29, 1.82) is 0 Å². The van der Waals surface area contributed by atoms with Crippen LogP contribution in [0.4, 0.5) is 0 Å². The minimum absolute atomic E-state index is 0.00936. The van der Waals surface area contributed by atoms with Crippen LogP contribution in [0.1, 0.15) is 39.4 Å². The maximum Gasteiger partial charge on any atom is 0.122 e. The van der Waals surface area contributed by atoms with Gasteiger partial charge in [0.1, 0.15) is 5.75 Å². The molecular formula is C19H25NO. The molecule has 0 aliphatic carbocycles. The summed E-state index contributed by atoms with van der Waals surface area (Å²) in [4.78, 5) is 0. The first-order valence-corrected chi connectivity index (χ1v) is 7.39. The van der Waals surface area contributed by atoms with Crippen LogP contribution in [-0.2, 0) is 6.42 Å². The van der Waals surface area contributed by atoms with Crippen LogP contribution in [0, 0.1) is 27.7 Å². The Balaban J connectivity index is 2.30. The van der Waals surface area contributed by atoms with Crippen LogP contribution in [0.3, 0.4) is 0 Å². The Morgan fingerprint density at radius 1 is 0.952 bits per heavy atom. The van der Waals surface area contributed by atoms with E-state index in [2.05, 4.69) is 58.0 Å². The smallest absolute Gasteiger partial charge is 0.122 e. The molecule has 2 nitrogen and oxygen atoms in total. The molecule has 1 unspecified atom stereocenters. The molecule has 0 aliphatic heterocycles. The molecule has 0 aromatic heterocycles. The molecule has 0 bridgehead atoms. The highest BCUT2D eigenvalue weighted by molar-refractivity contribution is 5.43. The summed E-state index contributed by atoms with van der Waals surface area (Å²) >= 11 is 0. The minimum atomic E-state index is 0.00936. The highest BCUT2D eigenvalue weighted by Gasteiger charge is 2.13. The van der Waals surface area contributed by atoms with Gasteiger partial charge in [-0.25, -0.2) is 0 Å². The van der Waals surface area contributed by atoms with Crippen molar-refractivity contribution < 1.29 is 4.74 Å². The second kappa shape index (κ2) is 6.31. The molecule has 0 aliphatic rings. The monoisotopic (exact) mass is 283 g/mol. The van der Waals surface area contributed by atoms with E-state index >= 15 is 0 Å². The zero-order valence-corrected chi connectivity index (χ0v) is 13.7. The fraction of sp³-hybridized carbons (Fsp3) is 0.368. The lowest BCUT2D eigenvalue weighted by molar-refractivity contribution is 0.411. The SMILES string of the molecule is COc1cc(C)c(C(N)Cc2cc(C)ccc2C)cc1C. The number of hydrogen-bond donors (Lipinski definition) is 1. The summed E-state index contributed by atoms with van der Waals surface area (Å²) in [5, 5.41) is 0. The average molecular weight is 283 g/mol. The van der Waals surface area contributed by atoms with E-state index < -0.39 is 0 Å². The lowest BCUT2D eigenvalue weighted by atomic mass is 9.92. The first-order chi connectivity index (χ1) is 9.92. The largest absolute Gasteiger partial charge is 0.496 e. The highest BCUT2D eigenvalue weighted by Crippen LogP contribution is 2.28. The molecular weight excluding hydrogens is 258 g/mol. The second-order valence-corrected chi connectivity index (χ2v) is 5.92. The molecule has 112 valence electrons. The normalized spacial score (nSPS) is 12.3. The van der Waals surface area contributed by atoms with Crippen molar-refractivity contribution in [2.45, 2.75) is 40.2 Å². The summed E-state index contributed by atoms with van der Waals surface area (Å²) in [5.41, 5.74) is 13.9. The lowest BCUT2D eigenvalue weighted by Gasteiger charge is -2.18. The zero-order chi connectivity index (χ0) is 15.6. The number of ether oxygens (including phenoxy) is 1. The minimum Gasteiger partial charge on any atom is -0.496 e. The Morgan fingerprint density at radius 3 is 2.33 bits per heavy atom. The third-order valence-corrected chi connectivity index (χ3v) is 4.13. The molecule has 2 N–H and O–H groups in total. The fourth-order valence-corrected chi connectivity index (χ4v) is 2.80. The van der Waals surface area contributed by atoms with Crippen molar-refractivity contribution in [2.75, 3.05) is 7.11 Å². The van der Waals surface area contributed by atoms with Crippen molar-refractivity contribution in [2.24, 2.45) is 5.73 Å². The van der Waals surface area contributed by atoms with Gasteiger partial charge in [-0.15, -0.1) is 0 Å². The molecule has 2 aromatic rings. The van der Waals surface area contributed by atoms with Crippen LogP contribution in [-0.4, -0.2) is 7.11 Å². The van der Waals surface area contributed by atoms with Gasteiger partial charge in [0.15, 0.2) is 0 Å². The predicted octanol–water partition coefficient (Wildman–Crippen LogP) is 4.17. The first-order valence-electron chi connectivity index (χ1n) is 7.39. The van der Waals surface area contributed by atoms with Gasteiger partial charge in [0.25, 0.3) is 0 Å². The van der Waals surface area contributed by atoms with Gasteiger partial charge in [0, 0.05) is 6.04 Å². The lowest BCUT2D eigenvalue weighted by Crippen LogP contribution is -2.16. The van der Waals surface area contributed by atoms with Gasteiger partial charge >= 0.3 is 0 Å². The van der Waals surface area contributed by atoms with Gasteiger partial charge in [-0.3, -0.25) is 0 Å². The molecule has 0 amide bonds. The molecule has 1 atom stereocenters. The zero-order valence-electron chi connectivity index (χ0n) is 13.7. The summed E-state index contributed by atoms with van der Waals surface area (Å²) in [6.07, 6.45) is 0.861. The quantitative estimate of drug-likeness (QED) is 0.914.